The van der Waals surface area contributed by atoms with E-state index in [4.69, 9.17) is 4.74 Å². The number of rotatable bonds is 6. The van der Waals surface area contributed by atoms with Gasteiger partial charge in [-0.3, -0.25) is 9.59 Å². The Labute approximate surface area is 170 Å². The smallest absolute Gasteiger partial charge is 0.251 e. The zero-order chi connectivity index (χ0) is 20.2. The van der Waals surface area contributed by atoms with Gasteiger partial charge in [-0.1, -0.05) is 36.8 Å². The van der Waals surface area contributed by atoms with Crippen LogP contribution >= 0.6 is 0 Å². The van der Waals surface area contributed by atoms with Crippen LogP contribution in [0.4, 0.5) is 5.69 Å². The number of benzene rings is 1. The summed E-state index contributed by atoms with van der Waals surface area (Å²) in [6.07, 6.45) is 5.71. The van der Waals surface area contributed by atoms with E-state index in [9.17, 15) is 9.59 Å². The highest BCUT2D eigenvalue weighted by Gasteiger charge is 2.40. The van der Waals surface area contributed by atoms with Gasteiger partial charge < -0.3 is 15.0 Å². The second kappa shape index (κ2) is 8.47. The number of pyridine rings is 1. The zero-order valence-electron chi connectivity index (χ0n) is 16.6. The van der Waals surface area contributed by atoms with Crippen molar-refractivity contribution in [2.24, 2.45) is 0 Å². The van der Waals surface area contributed by atoms with E-state index in [1.807, 2.05) is 35.2 Å². The molecule has 1 aromatic heterocycles. The lowest BCUT2D eigenvalue weighted by molar-refractivity contribution is -0.129. The molecule has 2 amide bonds. The minimum Gasteiger partial charge on any atom is -0.481 e. The van der Waals surface area contributed by atoms with Crippen molar-refractivity contribution in [3.63, 3.8) is 0 Å². The highest BCUT2D eigenvalue weighted by Crippen LogP contribution is 2.38. The van der Waals surface area contributed by atoms with Crippen molar-refractivity contribution < 1.29 is 14.3 Å². The number of nitrogens with one attached hydrogen (secondary N) is 1. The van der Waals surface area contributed by atoms with Gasteiger partial charge in [-0.15, -0.1) is 0 Å². The van der Waals surface area contributed by atoms with E-state index in [1.54, 1.807) is 25.4 Å². The van der Waals surface area contributed by atoms with Crippen LogP contribution in [-0.4, -0.2) is 34.8 Å². The SMILES string of the molecule is COc1ccc(NC(=O)CC2=C3CCCCC3N(Cc3ccccc3)C2=O)cn1. The molecule has 6 heteroatoms. The van der Waals surface area contributed by atoms with Crippen molar-refractivity contribution >= 4 is 17.5 Å². The van der Waals surface area contributed by atoms with Gasteiger partial charge in [-0.05, 0) is 36.5 Å². The van der Waals surface area contributed by atoms with Crippen LogP contribution in [0.5, 0.6) is 5.88 Å². The van der Waals surface area contributed by atoms with Gasteiger partial charge in [0.25, 0.3) is 5.91 Å². The van der Waals surface area contributed by atoms with Crippen LogP contribution < -0.4 is 10.1 Å². The minimum atomic E-state index is -0.196. The van der Waals surface area contributed by atoms with Crippen LogP contribution in [0.15, 0.2) is 59.8 Å². The lowest BCUT2D eigenvalue weighted by Crippen LogP contribution is -2.36. The summed E-state index contributed by atoms with van der Waals surface area (Å²) in [5, 5.41) is 2.84. The third kappa shape index (κ3) is 4.16. The Kier molecular flexibility index (Phi) is 5.60. The zero-order valence-corrected chi connectivity index (χ0v) is 16.6. The van der Waals surface area contributed by atoms with E-state index >= 15 is 0 Å². The van der Waals surface area contributed by atoms with Gasteiger partial charge >= 0.3 is 0 Å². The lowest BCUT2D eigenvalue weighted by atomic mass is 9.88. The maximum Gasteiger partial charge on any atom is 0.251 e. The van der Waals surface area contributed by atoms with Crippen LogP contribution in [0, 0.1) is 0 Å². The van der Waals surface area contributed by atoms with Crippen molar-refractivity contribution in [3.05, 3.63) is 65.4 Å². The van der Waals surface area contributed by atoms with Crippen LogP contribution in [0.3, 0.4) is 0 Å². The van der Waals surface area contributed by atoms with E-state index in [0.717, 1.165) is 36.8 Å². The van der Waals surface area contributed by atoms with Crippen molar-refractivity contribution in [2.45, 2.75) is 44.7 Å². The molecule has 1 fully saturated rings. The average molecular weight is 391 g/mol. The maximum atomic E-state index is 13.2. The number of hydrogen-bond acceptors (Lipinski definition) is 4. The summed E-state index contributed by atoms with van der Waals surface area (Å²) in [4.78, 5) is 31.9. The first-order valence-corrected chi connectivity index (χ1v) is 10.0. The normalized spacial score (nSPS) is 18.6. The molecule has 2 aromatic rings. The second-order valence-electron chi connectivity index (χ2n) is 7.50. The Morgan fingerprint density at radius 3 is 2.76 bits per heavy atom. The summed E-state index contributed by atoms with van der Waals surface area (Å²) >= 11 is 0. The first-order valence-electron chi connectivity index (χ1n) is 10.0. The van der Waals surface area contributed by atoms with E-state index in [2.05, 4.69) is 10.3 Å². The quantitative estimate of drug-likeness (QED) is 0.815. The number of anilines is 1. The molecular weight excluding hydrogens is 366 g/mol. The summed E-state index contributed by atoms with van der Waals surface area (Å²) < 4.78 is 5.03. The number of methoxy groups -OCH3 is 1. The number of ether oxygens (including phenoxy) is 1. The van der Waals surface area contributed by atoms with Gasteiger partial charge in [-0.25, -0.2) is 4.98 Å². The molecule has 0 radical (unpaired) electrons. The molecule has 1 aliphatic heterocycles. The maximum absolute atomic E-state index is 13.2. The molecule has 150 valence electrons. The Bertz CT molecular complexity index is 922. The van der Waals surface area contributed by atoms with Crippen molar-refractivity contribution in [1.82, 2.24) is 9.88 Å². The first-order chi connectivity index (χ1) is 14.2. The monoisotopic (exact) mass is 391 g/mol. The average Bonchev–Trinajstić information content (AvgIpc) is 3.01. The van der Waals surface area contributed by atoms with Crippen LogP contribution in [0.25, 0.3) is 0 Å². The molecule has 1 aromatic carbocycles. The van der Waals surface area contributed by atoms with Gasteiger partial charge in [0.05, 0.1) is 31.5 Å². The fraction of sp³-hybridized carbons (Fsp3) is 0.348. The minimum absolute atomic E-state index is 0.00115. The highest BCUT2D eigenvalue weighted by molar-refractivity contribution is 6.04. The Hall–Kier alpha value is -3.15. The third-order valence-corrected chi connectivity index (χ3v) is 5.62. The van der Waals surface area contributed by atoms with Crippen LogP contribution in [0.1, 0.15) is 37.7 Å². The molecule has 0 bridgehead atoms. The molecule has 29 heavy (non-hydrogen) atoms. The van der Waals surface area contributed by atoms with Gasteiger partial charge in [0.1, 0.15) is 0 Å². The molecule has 0 spiro atoms. The van der Waals surface area contributed by atoms with E-state index < -0.39 is 0 Å². The molecule has 1 saturated carbocycles. The second-order valence-corrected chi connectivity index (χ2v) is 7.50. The largest absolute Gasteiger partial charge is 0.481 e. The fourth-order valence-electron chi connectivity index (χ4n) is 4.23. The molecule has 0 saturated heterocycles. The molecule has 4 rings (SSSR count). The summed E-state index contributed by atoms with van der Waals surface area (Å²) in [5.74, 6) is 0.290. The molecule has 1 unspecified atom stereocenters. The molecule has 6 nitrogen and oxygen atoms in total. The third-order valence-electron chi connectivity index (χ3n) is 5.62. The van der Waals surface area contributed by atoms with Crippen molar-refractivity contribution in [2.75, 3.05) is 12.4 Å². The van der Waals surface area contributed by atoms with Gasteiger partial charge in [0.2, 0.25) is 11.8 Å². The summed E-state index contributed by atoms with van der Waals surface area (Å²) in [6.45, 7) is 0.585. The number of fused-ring (bicyclic) bond motifs is 1. The Morgan fingerprint density at radius 1 is 1.21 bits per heavy atom. The van der Waals surface area contributed by atoms with Gasteiger partial charge in [0, 0.05) is 18.2 Å². The molecular formula is C23H25N3O3. The lowest BCUT2D eigenvalue weighted by Gasteiger charge is -2.30. The Morgan fingerprint density at radius 2 is 2.03 bits per heavy atom. The number of nitrogens with zero attached hydrogens (tertiary/aromatic N) is 2. The van der Waals surface area contributed by atoms with Crippen LogP contribution in [0.2, 0.25) is 0 Å². The number of aromatic nitrogens is 1. The van der Waals surface area contributed by atoms with Crippen molar-refractivity contribution in [3.8, 4) is 5.88 Å². The summed E-state index contributed by atoms with van der Waals surface area (Å²) in [7, 11) is 1.54. The van der Waals surface area contributed by atoms with E-state index in [-0.39, 0.29) is 24.3 Å². The van der Waals surface area contributed by atoms with Crippen molar-refractivity contribution in [1.29, 1.82) is 0 Å². The first kappa shape index (κ1) is 19.2. The standard InChI is InChI=1S/C23H25N3O3/c1-29-22-12-11-17(14-24-22)25-21(27)13-19-18-9-5-6-10-20(18)26(23(19)28)15-16-7-3-2-4-8-16/h2-4,7-8,11-12,14,20H,5-6,9-10,13,15H2,1H3,(H,25,27). The molecule has 2 aliphatic rings. The topological polar surface area (TPSA) is 71.5 Å². The number of amides is 2. The molecule has 1 atom stereocenters. The van der Waals surface area contributed by atoms with Crippen LogP contribution in [-0.2, 0) is 16.1 Å². The number of hydrogen-bond donors (Lipinski definition) is 1. The highest BCUT2D eigenvalue weighted by atomic mass is 16.5. The molecule has 2 heterocycles. The Balaban J connectivity index is 1.48. The van der Waals surface area contributed by atoms with Gasteiger partial charge in [-0.2, -0.15) is 0 Å². The number of carbonyl (C=O) groups is 2. The summed E-state index contributed by atoms with van der Waals surface area (Å²) in [6, 6.07) is 13.6. The number of carbonyl (C=O) groups excluding carboxylic acids is 2. The predicted octanol–water partition coefficient (Wildman–Crippen LogP) is 3.70. The van der Waals surface area contributed by atoms with E-state index in [1.165, 1.54) is 0 Å². The molecule has 1 aliphatic carbocycles. The predicted molar refractivity (Wildman–Crippen MR) is 110 cm³/mol. The van der Waals surface area contributed by atoms with Gasteiger partial charge in [0.15, 0.2) is 0 Å². The summed E-state index contributed by atoms with van der Waals surface area (Å²) in [5.41, 5.74) is 3.53. The van der Waals surface area contributed by atoms with E-state index in [0.29, 0.717) is 23.7 Å². The fourth-order valence-corrected chi connectivity index (χ4v) is 4.23. The molecule has 1 N–H and O–H groups in total.